The average Bonchev–Trinajstić information content (AvgIpc) is 2.38. The van der Waals surface area contributed by atoms with Crippen molar-refractivity contribution in [2.45, 2.75) is 44.8 Å². The molecule has 0 bridgehead atoms. The third kappa shape index (κ3) is 3.49. The van der Waals surface area contributed by atoms with E-state index in [1.165, 1.54) is 6.20 Å². The van der Waals surface area contributed by atoms with Crippen molar-refractivity contribution in [1.29, 1.82) is 0 Å². The number of nitrogens with zero attached hydrogens (tertiary/aromatic N) is 1. The van der Waals surface area contributed by atoms with E-state index in [-0.39, 0.29) is 6.42 Å². The van der Waals surface area contributed by atoms with Gasteiger partial charge in [0.1, 0.15) is 0 Å². The number of rotatable bonds is 2. The monoisotopic (exact) mass is 286 g/mol. The van der Waals surface area contributed by atoms with Crippen LogP contribution >= 0.6 is 0 Å². The van der Waals surface area contributed by atoms with E-state index in [1.54, 1.807) is 19.1 Å². The zero-order valence-corrected chi connectivity index (χ0v) is 11.2. The number of alkyl halides is 3. The maximum Gasteiger partial charge on any atom is 0.393 e. The van der Waals surface area contributed by atoms with E-state index in [9.17, 15) is 18.0 Å². The van der Waals surface area contributed by atoms with Gasteiger partial charge in [-0.05, 0) is 31.9 Å². The summed E-state index contributed by atoms with van der Waals surface area (Å²) < 4.78 is 38.8. The van der Waals surface area contributed by atoms with Gasteiger partial charge in [0.05, 0.1) is 11.5 Å². The highest BCUT2D eigenvalue weighted by Gasteiger charge is 2.45. The molecule has 20 heavy (non-hydrogen) atoms. The minimum atomic E-state index is -4.26. The van der Waals surface area contributed by atoms with Crippen molar-refractivity contribution in [2.75, 3.05) is 0 Å². The smallest absolute Gasteiger partial charge is 0.349 e. The summed E-state index contributed by atoms with van der Waals surface area (Å²) in [6.07, 6.45) is -1.15. The fraction of sp³-hybridized carbons (Fsp3) is 0.571. The Hall–Kier alpha value is -1.59. The minimum absolute atomic E-state index is 0.0839. The molecule has 1 heterocycles. The Balaban J connectivity index is 2.07. The molecule has 0 aromatic carbocycles. The fourth-order valence-corrected chi connectivity index (χ4v) is 2.55. The number of nitrogens with one attached hydrogen (secondary N) is 1. The largest absolute Gasteiger partial charge is 0.393 e. The van der Waals surface area contributed by atoms with Crippen LogP contribution < -0.4 is 5.32 Å². The van der Waals surface area contributed by atoms with E-state index in [0.717, 1.165) is 5.69 Å². The molecule has 1 aliphatic carbocycles. The Bertz CT molecular complexity index is 470. The second-order valence-electron chi connectivity index (χ2n) is 5.20. The molecule has 2 rings (SSSR count). The van der Waals surface area contributed by atoms with Crippen LogP contribution in [-0.4, -0.2) is 23.1 Å². The topological polar surface area (TPSA) is 42.0 Å². The summed E-state index contributed by atoms with van der Waals surface area (Å²) in [7, 11) is 0. The highest BCUT2D eigenvalue weighted by atomic mass is 19.4. The molecule has 2 atom stereocenters. The molecule has 3 nitrogen and oxygen atoms in total. The van der Waals surface area contributed by atoms with Gasteiger partial charge in [-0.3, -0.25) is 9.78 Å². The first kappa shape index (κ1) is 14.8. The van der Waals surface area contributed by atoms with Crippen LogP contribution in [0.4, 0.5) is 13.2 Å². The van der Waals surface area contributed by atoms with Crippen molar-refractivity contribution >= 4 is 5.91 Å². The summed E-state index contributed by atoms with van der Waals surface area (Å²) in [6, 6.07) is 2.40. The highest BCUT2D eigenvalue weighted by Crippen LogP contribution is 2.37. The molecule has 1 aliphatic rings. The lowest BCUT2D eigenvalue weighted by molar-refractivity contribution is -0.187. The lowest BCUT2D eigenvalue weighted by Gasteiger charge is -2.33. The standard InChI is InChI=1S/C14H17F3N2O/c1-9-6-7-10(8-18-9)13(20)19-12-5-3-2-4-11(12)14(15,16)17/h6-8,11-12H,2-5H2,1H3,(H,19,20)/t11-,12-/m1/s1. The number of amides is 1. The van der Waals surface area contributed by atoms with E-state index in [1.807, 2.05) is 0 Å². The summed E-state index contributed by atoms with van der Waals surface area (Å²) >= 11 is 0. The second-order valence-corrected chi connectivity index (χ2v) is 5.20. The molecule has 0 aliphatic heterocycles. The van der Waals surface area contributed by atoms with E-state index in [2.05, 4.69) is 10.3 Å². The van der Waals surface area contributed by atoms with Crippen molar-refractivity contribution in [3.63, 3.8) is 0 Å². The number of carbonyl (C=O) groups excluding carboxylic acids is 1. The minimum Gasteiger partial charge on any atom is -0.349 e. The number of halogens is 3. The van der Waals surface area contributed by atoms with Crippen LogP contribution in [0.5, 0.6) is 0 Å². The molecule has 110 valence electrons. The number of pyridine rings is 1. The van der Waals surface area contributed by atoms with Gasteiger partial charge in [0.15, 0.2) is 0 Å². The van der Waals surface area contributed by atoms with Gasteiger partial charge >= 0.3 is 6.18 Å². The van der Waals surface area contributed by atoms with E-state index in [0.29, 0.717) is 24.8 Å². The van der Waals surface area contributed by atoms with Gasteiger partial charge < -0.3 is 5.32 Å². The lowest BCUT2D eigenvalue weighted by atomic mass is 9.84. The zero-order valence-electron chi connectivity index (χ0n) is 11.2. The average molecular weight is 286 g/mol. The molecule has 1 N–H and O–H groups in total. The van der Waals surface area contributed by atoms with Crippen molar-refractivity contribution in [3.05, 3.63) is 29.6 Å². The quantitative estimate of drug-likeness (QED) is 0.907. The third-order valence-electron chi connectivity index (χ3n) is 3.68. The van der Waals surface area contributed by atoms with Gasteiger partial charge in [0.2, 0.25) is 0 Å². The van der Waals surface area contributed by atoms with Gasteiger partial charge in [0, 0.05) is 17.9 Å². The van der Waals surface area contributed by atoms with E-state index >= 15 is 0 Å². The molecular weight excluding hydrogens is 269 g/mol. The van der Waals surface area contributed by atoms with Gasteiger partial charge in [-0.1, -0.05) is 12.8 Å². The van der Waals surface area contributed by atoms with Gasteiger partial charge in [-0.2, -0.15) is 13.2 Å². The predicted octanol–water partition coefficient (Wildman–Crippen LogP) is 3.24. The molecule has 0 unspecified atom stereocenters. The SMILES string of the molecule is Cc1ccc(C(=O)N[C@@H]2CCCC[C@H]2C(F)(F)F)cn1. The van der Waals surface area contributed by atoms with Crippen LogP contribution in [0, 0.1) is 12.8 Å². The molecule has 1 fully saturated rings. The van der Waals surface area contributed by atoms with Gasteiger partial charge in [-0.25, -0.2) is 0 Å². The Kier molecular flexibility index (Phi) is 4.30. The maximum absolute atomic E-state index is 12.9. The Morgan fingerprint density at radius 3 is 2.60 bits per heavy atom. The van der Waals surface area contributed by atoms with E-state index in [4.69, 9.17) is 0 Å². The Morgan fingerprint density at radius 2 is 2.00 bits per heavy atom. The first-order valence-electron chi connectivity index (χ1n) is 6.68. The molecular formula is C14H17F3N2O. The van der Waals surface area contributed by atoms with Crippen molar-refractivity contribution < 1.29 is 18.0 Å². The van der Waals surface area contributed by atoms with Crippen LogP contribution in [0.1, 0.15) is 41.7 Å². The fourth-order valence-electron chi connectivity index (χ4n) is 2.55. The summed E-state index contributed by atoms with van der Waals surface area (Å²) in [6.45, 7) is 1.78. The van der Waals surface area contributed by atoms with Gasteiger partial charge in [-0.15, -0.1) is 0 Å². The van der Waals surface area contributed by atoms with Crippen LogP contribution in [0.25, 0.3) is 0 Å². The van der Waals surface area contributed by atoms with Gasteiger partial charge in [0.25, 0.3) is 5.91 Å². The molecule has 1 aromatic rings. The molecule has 1 saturated carbocycles. The predicted molar refractivity (Wildman–Crippen MR) is 68.2 cm³/mol. The zero-order chi connectivity index (χ0) is 14.8. The molecule has 6 heteroatoms. The Morgan fingerprint density at radius 1 is 1.30 bits per heavy atom. The molecule has 0 saturated heterocycles. The second kappa shape index (κ2) is 5.81. The van der Waals surface area contributed by atoms with Crippen molar-refractivity contribution in [1.82, 2.24) is 10.3 Å². The van der Waals surface area contributed by atoms with Crippen LogP contribution in [0.3, 0.4) is 0 Å². The van der Waals surface area contributed by atoms with Crippen molar-refractivity contribution in [3.8, 4) is 0 Å². The Labute approximate surface area is 115 Å². The number of hydrogen-bond acceptors (Lipinski definition) is 2. The maximum atomic E-state index is 12.9. The normalized spacial score (nSPS) is 23.4. The molecule has 1 aromatic heterocycles. The number of aryl methyl sites for hydroxylation is 1. The number of aromatic nitrogens is 1. The van der Waals surface area contributed by atoms with Crippen LogP contribution in [0.15, 0.2) is 18.3 Å². The number of hydrogen-bond donors (Lipinski definition) is 1. The van der Waals surface area contributed by atoms with Crippen molar-refractivity contribution in [2.24, 2.45) is 5.92 Å². The first-order valence-corrected chi connectivity index (χ1v) is 6.68. The van der Waals surface area contributed by atoms with Crippen LogP contribution in [0.2, 0.25) is 0 Å². The third-order valence-corrected chi connectivity index (χ3v) is 3.68. The summed E-state index contributed by atoms with van der Waals surface area (Å²) in [4.78, 5) is 16.0. The molecule has 1 amide bonds. The lowest BCUT2D eigenvalue weighted by Crippen LogP contribution is -2.47. The van der Waals surface area contributed by atoms with Crippen LogP contribution in [-0.2, 0) is 0 Å². The number of carbonyl (C=O) groups is 1. The highest BCUT2D eigenvalue weighted by molar-refractivity contribution is 5.94. The summed E-state index contributed by atoms with van der Waals surface area (Å²) in [5.74, 6) is -1.93. The molecule has 0 spiro atoms. The first-order chi connectivity index (χ1) is 9.38. The van der Waals surface area contributed by atoms with E-state index < -0.39 is 24.0 Å². The summed E-state index contributed by atoms with van der Waals surface area (Å²) in [5, 5.41) is 2.51. The molecule has 0 radical (unpaired) electrons. The summed E-state index contributed by atoms with van der Waals surface area (Å²) in [5.41, 5.74) is 1.05.